The fourth-order valence-electron chi connectivity index (χ4n) is 1.40. The highest BCUT2D eigenvalue weighted by Gasteiger charge is 1.98. The minimum Gasteiger partial charge on any atom is -0.356 e. The molecular formula is C13H19IN4. The van der Waals surface area contributed by atoms with E-state index >= 15 is 0 Å². The Bertz CT molecular complexity index is 423. The van der Waals surface area contributed by atoms with Gasteiger partial charge in [0.2, 0.25) is 0 Å². The number of benzene rings is 1. The first kappa shape index (κ1) is 16.7. The predicted octanol–water partition coefficient (Wildman–Crippen LogP) is 2.25. The Kier molecular flexibility index (Phi) is 9.01. The van der Waals surface area contributed by atoms with E-state index in [1.807, 2.05) is 18.2 Å². The summed E-state index contributed by atoms with van der Waals surface area (Å²) in [6, 6.07) is 9.68. The van der Waals surface area contributed by atoms with E-state index in [9.17, 15) is 0 Å². The molecule has 18 heavy (non-hydrogen) atoms. The molecule has 5 heteroatoms. The van der Waals surface area contributed by atoms with Crippen LogP contribution in [0.5, 0.6) is 0 Å². The van der Waals surface area contributed by atoms with Gasteiger partial charge in [0.15, 0.2) is 5.96 Å². The van der Waals surface area contributed by atoms with Crippen LogP contribution in [0.2, 0.25) is 0 Å². The number of hydrogen-bond acceptors (Lipinski definition) is 2. The fourth-order valence-corrected chi connectivity index (χ4v) is 1.40. The van der Waals surface area contributed by atoms with Crippen LogP contribution in [0.4, 0.5) is 0 Å². The van der Waals surface area contributed by atoms with Gasteiger partial charge in [-0.05, 0) is 24.1 Å². The van der Waals surface area contributed by atoms with Crippen molar-refractivity contribution in [3.05, 3.63) is 35.4 Å². The second kappa shape index (κ2) is 9.71. The van der Waals surface area contributed by atoms with Crippen LogP contribution in [0, 0.1) is 11.3 Å². The number of aliphatic imine (C=N–C) groups is 1. The van der Waals surface area contributed by atoms with Crippen molar-refractivity contribution in [1.29, 1.82) is 5.26 Å². The third-order valence-electron chi connectivity index (χ3n) is 2.28. The van der Waals surface area contributed by atoms with E-state index in [1.165, 1.54) is 0 Å². The summed E-state index contributed by atoms with van der Waals surface area (Å²) in [5, 5.41) is 15.2. The Morgan fingerprint density at radius 1 is 1.39 bits per heavy atom. The quantitative estimate of drug-likeness (QED) is 0.493. The van der Waals surface area contributed by atoms with E-state index in [0.29, 0.717) is 12.1 Å². The maximum absolute atomic E-state index is 8.80. The van der Waals surface area contributed by atoms with E-state index in [4.69, 9.17) is 5.26 Å². The zero-order valence-electron chi connectivity index (χ0n) is 10.7. The van der Waals surface area contributed by atoms with E-state index in [2.05, 4.69) is 28.6 Å². The highest BCUT2D eigenvalue weighted by atomic mass is 127. The van der Waals surface area contributed by atoms with Crippen molar-refractivity contribution in [2.75, 3.05) is 13.6 Å². The first-order chi connectivity index (χ1) is 8.30. The van der Waals surface area contributed by atoms with Gasteiger partial charge in [0.25, 0.3) is 0 Å². The molecule has 1 aromatic rings. The zero-order valence-corrected chi connectivity index (χ0v) is 13.1. The summed E-state index contributed by atoms with van der Waals surface area (Å²) in [4.78, 5) is 4.11. The molecule has 0 atom stereocenters. The molecule has 0 aliphatic rings. The lowest BCUT2D eigenvalue weighted by atomic mass is 10.1. The van der Waals surface area contributed by atoms with E-state index in [0.717, 1.165) is 24.5 Å². The molecule has 0 saturated heterocycles. The van der Waals surface area contributed by atoms with Crippen LogP contribution in [0.3, 0.4) is 0 Å². The molecule has 4 nitrogen and oxygen atoms in total. The van der Waals surface area contributed by atoms with Gasteiger partial charge in [-0.25, -0.2) is 0 Å². The van der Waals surface area contributed by atoms with Crippen LogP contribution in [-0.2, 0) is 6.54 Å². The summed E-state index contributed by atoms with van der Waals surface area (Å²) in [6.07, 6.45) is 1.06. The van der Waals surface area contributed by atoms with Crippen molar-refractivity contribution in [3.63, 3.8) is 0 Å². The molecule has 1 rings (SSSR count). The lowest BCUT2D eigenvalue weighted by Crippen LogP contribution is -2.37. The summed E-state index contributed by atoms with van der Waals surface area (Å²) >= 11 is 0. The monoisotopic (exact) mass is 358 g/mol. The van der Waals surface area contributed by atoms with Gasteiger partial charge in [-0.1, -0.05) is 19.1 Å². The van der Waals surface area contributed by atoms with Gasteiger partial charge >= 0.3 is 0 Å². The molecule has 0 fully saturated rings. The van der Waals surface area contributed by atoms with Crippen molar-refractivity contribution >= 4 is 29.9 Å². The molecule has 0 heterocycles. The molecule has 0 saturated carbocycles. The van der Waals surface area contributed by atoms with Gasteiger partial charge in [0, 0.05) is 20.1 Å². The molecule has 2 N–H and O–H groups in total. The maximum Gasteiger partial charge on any atom is 0.191 e. The Morgan fingerprint density at radius 3 is 2.78 bits per heavy atom. The third-order valence-corrected chi connectivity index (χ3v) is 2.28. The van der Waals surface area contributed by atoms with Gasteiger partial charge in [-0.3, -0.25) is 4.99 Å². The predicted molar refractivity (Wildman–Crippen MR) is 85.1 cm³/mol. The number of nitrogens with one attached hydrogen (secondary N) is 2. The lowest BCUT2D eigenvalue weighted by molar-refractivity contribution is 0.781. The van der Waals surface area contributed by atoms with E-state index in [1.54, 1.807) is 13.1 Å². The van der Waals surface area contributed by atoms with Crippen molar-refractivity contribution in [2.24, 2.45) is 4.99 Å². The summed E-state index contributed by atoms with van der Waals surface area (Å²) < 4.78 is 0. The average molecular weight is 358 g/mol. The molecular weight excluding hydrogens is 339 g/mol. The molecule has 98 valence electrons. The minimum atomic E-state index is 0. The largest absolute Gasteiger partial charge is 0.356 e. The van der Waals surface area contributed by atoms with E-state index in [-0.39, 0.29) is 24.0 Å². The molecule has 0 unspecified atom stereocenters. The highest BCUT2D eigenvalue weighted by Crippen LogP contribution is 2.03. The SMILES string of the molecule is CCCNC(=NC)NCc1cccc(C#N)c1.I. The second-order valence-electron chi connectivity index (χ2n) is 3.66. The molecule has 0 amide bonds. The molecule has 0 aromatic heterocycles. The van der Waals surface area contributed by atoms with E-state index < -0.39 is 0 Å². The number of halogens is 1. The number of rotatable bonds is 4. The fraction of sp³-hybridized carbons (Fsp3) is 0.385. The van der Waals surface area contributed by atoms with Crippen molar-refractivity contribution in [2.45, 2.75) is 19.9 Å². The van der Waals surface area contributed by atoms with Crippen molar-refractivity contribution in [1.82, 2.24) is 10.6 Å². The molecule has 0 spiro atoms. The maximum atomic E-state index is 8.80. The normalized spacial score (nSPS) is 10.2. The minimum absolute atomic E-state index is 0. The van der Waals surface area contributed by atoms with Gasteiger partial charge < -0.3 is 10.6 Å². The lowest BCUT2D eigenvalue weighted by Gasteiger charge is -2.11. The van der Waals surface area contributed by atoms with Gasteiger partial charge in [0.1, 0.15) is 0 Å². The number of guanidine groups is 1. The molecule has 0 radical (unpaired) electrons. The molecule has 0 bridgehead atoms. The number of nitriles is 1. The Hall–Kier alpha value is -1.29. The van der Waals surface area contributed by atoms with Crippen LogP contribution in [0.25, 0.3) is 0 Å². The summed E-state index contributed by atoms with van der Waals surface area (Å²) in [5.74, 6) is 0.786. The van der Waals surface area contributed by atoms with Gasteiger partial charge in [-0.15, -0.1) is 24.0 Å². The summed E-state index contributed by atoms with van der Waals surface area (Å²) in [5.41, 5.74) is 1.75. The van der Waals surface area contributed by atoms with Crippen LogP contribution < -0.4 is 10.6 Å². The summed E-state index contributed by atoms with van der Waals surface area (Å²) in [7, 11) is 1.75. The van der Waals surface area contributed by atoms with Gasteiger partial charge in [0.05, 0.1) is 11.6 Å². The molecule has 0 aliphatic heterocycles. The second-order valence-corrected chi connectivity index (χ2v) is 3.66. The Balaban J connectivity index is 0.00000289. The van der Waals surface area contributed by atoms with Gasteiger partial charge in [-0.2, -0.15) is 5.26 Å². The zero-order chi connectivity index (χ0) is 12.5. The first-order valence-electron chi connectivity index (χ1n) is 5.73. The van der Waals surface area contributed by atoms with Crippen LogP contribution in [0.15, 0.2) is 29.3 Å². The van der Waals surface area contributed by atoms with Crippen LogP contribution >= 0.6 is 24.0 Å². The molecule has 0 aliphatic carbocycles. The highest BCUT2D eigenvalue weighted by molar-refractivity contribution is 14.0. The topological polar surface area (TPSA) is 60.2 Å². The molecule has 1 aromatic carbocycles. The summed E-state index contributed by atoms with van der Waals surface area (Å²) in [6.45, 7) is 3.67. The Morgan fingerprint density at radius 2 is 2.17 bits per heavy atom. The smallest absolute Gasteiger partial charge is 0.191 e. The number of nitrogens with zero attached hydrogens (tertiary/aromatic N) is 2. The van der Waals surface area contributed by atoms with Crippen molar-refractivity contribution < 1.29 is 0 Å². The first-order valence-corrected chi connectivity index (χ1v) is 5.73. The standard InChI is InChI=1S/C13H18N4.HI/c1-3-7-16-13(15-2)17-10-12-6-4-5-11(8-12)9-14;/h4-6,8H,3,7,10H2,1-2H3,(H2,15,16,17);1H. The number of hydrogen-bond donors (Lipinski definition) is 2. The Labute approximate surface area is 126 Å². The third kappa shape index (κ3) is 5.87. The van der Waals surface area contributed by atoms with Crippen LogP contribution in [0.1, 0.15) is 24.5 Å². The average Bonchev–Trinajstić information content (AvgIpc) is 2.39. The van der Waals surface area contributed by atoms with Crippen LogP contribution in [-0.4, -0.2) is 19.6 Å². The van der Waals surface area contributed by atoms with Crippen molar-refractivity contribution in [3.8, 4) is 6.07 Å².